The molecule has 0 bridgehead atoms. The predicted molar refractivity (Wildman–Crippen MR) is 77.9 cm³/mol. The van der Waals surface area contributed by atoms with E-state index in [4.69, 9.17) is 4.52 Å². The molecule has 106 valence electrons. The van der Waals surface area contributed by atoms with Crippen LogP contribution in [0.3, 0.4) is 0 Å². The van der Waals surface area contributed by atoms with Crippen LogP contribution in [0.1, 0.15) is 23.1 Å². The highest BCUT2D eigenvalue weighted by Crippen LogP contribution is 2.20. The van der Waals surface area contributed by atoms with Crippen LogP contribution in [0.2, 0.25) is 0 Å². The van der Waals surface area contributed by atoms with Crippen molar-refractivity contribution in [2.45, 2.75) is 13.3 Å². The lowest BCUT2D eigenvalue weighted by Gasteiger charge is -1.95. The number of rotatable bonds is 4. The number of carbonyl (C=O) groups excluding carboxylic acids is 1. The van der Waals surface area contributed by atoms with Gasteiger partial charge >= 0.3 is 0 Å². The van der Waals surface area contributed by atoms with Gasteiger partial charge in [-0.3, -0.25) is 9.89 Å². The van der Waals surface area contributed by atoms with E-state index in [0.29, 0.717) is 11.6 Å². The molecule has 0 radical (unpaired) electrons. The number of nitrogens with one attached hydrogen (secondary N) is 2. The molecule has 0 fully saturated rings. The first-order chi connectivity index (χ1) is 10.3. The van der Waals surface area contributed by atoms with Crippen molar-refractivity contribution in [1.29, 1.82) is 0 Å². The SMILES string of the molecule is CCc1cc(NC(=O)c2cc(-c3ccccc3)on2)n[nH]1. The minimum atomic E-state index is -0.352. The summed E-state index contributed by atoms with van der Waals surface area (Å²) in [4.78, 5) is 12.1. The van der Waals surface area contributed by atoms with Gasteiger partial charge in [0.2, 0.25) is 0 Å². The maximum absolute atomic E-state index is 12.1. The quantitative estimate of drug-likeness (QED) is 0.770. The molecular formula is C15H14N4O2. The molecule has 3 rings (SSSR count). The first-order valence-electron chi connectivity index (χ1n) is 6.64. The van der Waals surface area contributed by atoms with E-state index in [-0.39, 0.29) is 11.6 Å². The number of anilines is 1. The third kappa shape index (κ3) is 2.84. The maximum atomic E-state index is 12.1. The van der Waals surface area contributed by atoms with Crippen LogP contribution in [0, 0.1) is 0 Å². The minimum Gasteiger partial charge on any atom is -0.355 e. The average molecular weight is 282 g/mol. The lowest BCUT2D eigenvalue weighted by molar-refractivity contribution is 0.101. The van der Waals surface area contributed by atoms with Crippen LogP contribution in [-0.2, 0) is 6.42 Å². The van der Waals surface area contributed by atoms with Gasteiger partial charge in [0, 0.05) is 23.4 Å². The normalized spacial score (nSPS) is 10.5. The van der Waals surface area contributed by atoms with Crippen molar-refractivity contribution >= 4 is 11.7 Å². The van der Waals surface area contributed by atoms with E-state index >= 15 is 0 Å². The summed E-state index contributed by atoms with van der Waals surface area (Å²) in [6, 6.07) is 12.9. The van der Waals surface area contributed by atoms with E-state index < -0.39 is 0 Å². The molecule has 3 aromatic rings. The van der Waals surface area contributed by atoms with Crippen LogP contribution in [0.25, 0.3) is 11.3 Å². The summed E-state index contributed by atoms with van der Waals surface area (Å²) in [6.07, 6.45) is 0.824. The molecule has 0 spiro atoms. The monoisotopic (exact) mass is 282 g/mol. The lowest BCUT2D eigenvalue weighted by Crippen LogP contribution is -2.12. The molecule has 2 heterocycles. The van der Waals surface area contributed by atoms with Crippen molar-refractivity contribution in [2.75, 3.05) is 5.32 Å². The Morgan fingerprint density at radius 3 is 2.81 bits per heavy atom. The lowest BCUT2D eigenvalue weighted by atomic mass is 10.1. The molecule has 0 aliphatic carbocycles. The molecule has 0 aliphatic heterocycles. The summed E-state index contributed by atoms with van der Waals surface area (Å²) in [5, 5.41) is 13.3. The molecule has 6 heteroatoms. The van der Waals surface area contributed by atoms with Crippen molar-refractivity contribution < 1.29 is 9.32 Å². The van der Waals surface area contributed by atoms with Gasteiger partial charge in [-0.2, -0.15) is 5.10 Å². The molecule has 1 amide bonds. The fourth-order valence-corrected chi connectivity index (χ4v) is 1.91. The number of aryl methyl sites for hydroxylation is 1. The Balaban J connectivity index is 1.75. The number of benzene rings is 1. The molecule has 6 nitrogen and oxygen atoms in total. The molecule has 0 saturated carbocycles. The van der Waals surface area contributed by atoms with Gasteiger partial charge < -0.3 is 9.84 Å². The Morgan fingerprint density at radius 1 is 1.29 bits per heavy atom. The van der Waals surface area contributed by atoms with E-state index in [0.717, 1.165) is 17.7 Å². The standard InChI is InChI=1S/C15H14N4O2/c1-2-11-8-14(18-17-11)16-15(20)12-9-13(21-19-12)10-6-4-3-5-7-10/h3-9H,2H2,1H3,(H2,16,17,18,20). The van der Waals surface area contributed by atoms with Gasteiger partial charge in [0.1, 0.15) is 0 Å². The molecule has 0 atom stereocenters. The molecule has 0 unspecified atom stereocenters. The summed E-state index contributed by atoms with van der Waals surface area (Å²) in [7, 11) is 0. The summed E-state index contributed by atoms with van der Waals surface area (Å²) in [6.45, 7) is 2.00. The Labute approximate surface area is 121 Å². The highest BCUT2D eigenvalue weighted by atomic mass is 16.5. The minimum absolute atomic E-state index is 0.218. The molecule has 1 aromatic carbocycles. The van der Waals surface area contributed by atoms with E-state index in [2.05, 4.69) is 20.7 Å². The van der Waals surface area contributed by atoms with E-state index in [9.17, 15) is 4.79 Å². The van der Waals surface area contributed by atoms with Gasteiger partial charge in [-0.15, -0.1) is 0 Å². The van der Waals surface area contributed by atoms with Crippen LogP contribution in [0.15, 0.2) is 47.0 Å². The van der Waals surface area contributed by atoms with Crippen LogP contribution in [-0.4, -0.2) is 21.3 Å². The third-order valence-corrected chi connectivity index (χ3v) is 3.05. The zero-order chi connectivity index (χ0) is 14.7. The topological polar surface area (TPSA) is 83.8 Å². The van der Waals surface area contributed by atoms with E-state index in [1.54, 1.807) is 12.1 Å². The van der Waals surface area contributed by atoms with Crippen molar-refractivity contribution in [2.24, 2.45) is 0 Å². The molecule has 2 N–H and O–H groups in total. The van der Waals surface area contributed by atoms with Gasteiger partial charge in [0.25, 0.3) is 5.91 Å². The Kier molecular flexibility index (Phi) is 3.51. The zero-order valence-electron chi connectivity index (χ0n) is 11.5. The van der Waals surface area contributed by atoms with Gasteiger partial charge in [-0.05, 0) is 6.42 Å². The molecular weight excluding hydrogens is 268 g/mol. The molecule has 21 heavy (non-hydrogen) atoms. The second-order valence-corrected chi connectivity index (χ2v) is 4.53. The van der Waals surface area contributed by atoms with Crippen LogP contribution >= 0.6 is 0 Å². The number of hydrogen-bond acceptors (Lipinski definition) is 4. The van der Waals surface area contributed by atoms with Crippen LogP contribution in [0.5, 0.6) is 0 Å². The molecule has 2 aromatic heterocycles. The fraction of sp³-hybridized carbons (Fsp3) is 0.133. The number of aromatic nitrogens is 3. The molecule has 0 aliphatic rings. The second-order valence-electron chi connectivity index (χ2n) is 4.53. The van der Waals surface area contributed by atoms with E-state index in [1.807, 2.05) is 37.3 Å². The number of nitrogens with zero attached hydrogens (tertiary/aromatic N) is 2. The summed E-state index contributed by atoms with van der Waals surface area (Å²) in [5.41, 5.74) is 2.04. The molecule has 0 saturated heterocycles. The Bertz CT molecular complexity index is 746. The van der Waals surface area contributed by atoms with Gasteiger partial charge in [0.05, 0.1) is 0 Å². The summed E-state index contributed by atoms with van der Waals surface area (Å²) < 4.78 is 5.20. The number of aromatic amines is 1. The highest BCUT2D eigenvalue weighted by Gasteiger charge is 2.14. The van der Waals surface area contributed by atoms with Gasteiger partial charge in [0.15, 0.2) is 17.3 Å². The number of carbonyl (C=O) groups is 1. The second kappa shape index (κ2) is 5.62. The number of amides is 1. The van der Waals surface area contributed by atoms with Gasteiger partial charge in [-0.25, -0.2) is 0 Å². The third-order valence-electron chi connectivity index (χ3n) is 3.05. The van der Waals surface area contributed by atoms with Crippen molar-refractivity contribution in [3.63, 3.8) is 0 Å². The summed E-state index contributed by atoms with van der Waals surface area (Å²) in [5.74, 6) is 0.674. The van der Waals surface area contributed by atoms with Crippen molar-refractivity contribution in [3.05, 3.63) is 53.9 Å². The number of H-pyrrole nitrogens is 1. The van der Waals surface area contributed by atoms with Crippen LogP contribution < -0.4 is 5.32 Å². The smallest absolute Gasteiger partial charge is 0.279 e. The van der Waals surface area contributed by atoms with Crippen molar-refractivity contribution in [3.8, 4) is 11.3 Å². The Morgan fingerprint density at radius 2 is 2.10 bits per heavy atom. The zero-order valence-corrected chi connectivity index (χ0v) is 11.5. The summed E-state index contributed by atoms with van der Waals surface area (Å²) >= 11 is 0. The van der Waals surface area contributed by atoms with Crippen molar-refractivity contribution in [1.82, 2.24) is 15.4 Å². The first-order valence-corrected chi connectivity index (χ1v) is 6.64. The van der Waals surface area contributed by atoms with E-state index in [1.165, 1.54) is 0 Å². The fourth-order valence-electron chi connectivity index (χ4n) is 1.91. The largest absolute Gasteiger partial charge is 0.355 e. The number of hydrogen-bond donors (Lipinski definition) is 2. The average Bonchev–Trinajstić information content (AvgIpc) is 3.17. The van der Waals surface area contributed by atoms with Gasteiger partial charge in [-0.1, -0.05) is 42.4 Å². The first kappa shape index (κ1) is 13.1. The Hall–Kier alpha value is -2.89. The predicted octanol–water partition coefficient (Wildman–Crippen LogP) is 2.88. The maximum Gasteiger partial charge on any atom is 0.279 e. The highest BCUT2D eigenvalue weighted by molar-refractivity contribution is 6.02. The van der Waals surface area contributed by atoms with Crippen LogP contribution in [0.4, 0.5) is 5.82 Å².